The van der Waals surface area contributed by atoms with Gasteiger partial charge < -0.3 is 10.0 Å². The zero-order valence-corrected chi connectivity index (χ0v) is 18.4. The molecule has 0 atom stereocenters. The summed E-state index contributed by atoms with van der Waals surface area (Å²) in [4.78, 5) is 12.9. The van der Waals surface area contributed by atoms with Gasteiger partial charge in [0.25, 0.3) is 0 Å². The summed E-state index contributed by atoms with van der Waals surface area (Å²) in [7, 11) is 4.32. The molecule has 0 spiro atoms. The van der Waals surface area contributed by atoms with E-state index in [4.69, 9.17) is 5.11 Å². The Kier molecular flexibility index (Phi) is 19.3. The number of nitrogens with zero attached hydrogens (tertiary/aromatic N) is 1. The molecule has 0 aliphatic heterocycles. The Morgan fingerprint density at radius 3 is 1.22 bits per heavy atom. The Balaban J connectivity index is 3.07. The largest absolute Gasteiger partial charge is 0.478 e. The van der Waals surface area contributed by atoms with Crippen LogP contribution >= 0.6 is 0 Å². The molecule has 0 rings (SSSR count). The van der Waals surface area contributed by atoms with Crippen molar-refractivity contribution in [3.63, 3.8) is 0 Å². The van der Waals surface area contributed by atoms with Crippen LogP contribution in [0.4, 0.5) is 0 Å². The maximum absolute atomic E-state index is 10.6. The number of rotatable bonds is 21. The van der Waals surface area contributed by atoms with Gasteiger partial charge in [-0.3, -0.25) is 0 Å². The molecule has 0 aromatic rings. The van der Waals surface area contributed by atoms with Gasteiger partial charge in [-0.1, -0.05) is 103 Å². The molecule has 3 heteroatoms. The number of aliphatic carboxylic acids is 1. The Bertz CT molecular complexity index is 352. The van der Waals surface area contributed by atoms with Crippen LogP contribution < -0.4 is 0 Å². The van der Waals surface area contributed by atoms with Crippen molar-refractivity contribution in [2.24, 2.45) is 0 Å². The molecule has 0 amide bonds. The van der Waals surface area contributed by atoms with E-state index >= 15 is 0 Å². The molecule has 0 aromatic heterocycles. The average Bonchev–Trinajstić information content (AvgIpc) is 2.63. The monoisotopic (exact) mass is 381 g/mol. The maximum atomic E-state index is 10.6. The number of carbonyl (C=O) groups is 1. The van der Waals surface area contributed by atoms with Gasteiger partial charge in [0.15, 0.2) is 0 Å². The van der Waals surface area contributed by atoms with Gasteiger partial charge in [0.1, 0.15) is 0 Å². The molecular weight excluding hydrogens is 334 g/mol. The highest BCUT2D eigenvalue weighted by Gasteiger charge is 2.02. The van der Waals surface area contributed by atoms with Crippen LogP contribution in [0.15, 0.2) is 12.2 Å². The number of carboxylic acids is 1. The second-order valence-electron chi connectivity index (χ2n) is 8.47. The van der Waals surface area contributed by atoms with Crippen molar-refractivity contribution in [3.05, 3.63) is 12.2 Å². The number of carboxylic acid groups (broad SMARTS) is 1. The minimum absolute atomic E-state index is 0.356. The lowest BCUT2D eigenvalue weighted by Gasteiger charge is -2.08. The average molecular weight is 382 g/mol. The van der Waals surface area contributed by atoms with Crippen LogP contribution in [0, 0.1) is 0 Å². The molecule has 3 nitrogen and oxygen atoms in total. The minimum Gasteiger partial charge on any atom is -0.478 e. The van der Waals surface area contributed by atoms with Crippen molar-refractivity contribution < 1.29 is 9.90 Å². The van der Waals surface area contributed by atoms with Crippen molar-refractivity contribution in [2.45, 2.75) is 116 Å². The van der Waals surface area contributed by atoms with Crippen LogP contribution in [-0.2, 0) is 4.79 Å². The number of unbranched alkanes of at least 4 members (excludes halogenated alkanes) is 16. The van der Waals surface area contributed by atoms with E-state index < -0.39 is 5.97 Å². The van der Waals surface area contributed by atoms with E-state index in [1.165, 1.54) is 103 Å². The SMILES string of the molecule is C=C(CCCCCCCCCCCCCCCCCCCN(C)C)C(=O)O. The third-order valence-electron chi connectivity index (χ3n) is 5.39. The molecule has 0 fully saturated rings. The van der Waals surface area contributed by atoms with Gasteiger partial charge in [-0.05, 0) is 39.9 Å². The third-order valence-corrected chi connectivity index (χ3v) is 5.39. The van der Waals surface area contributed by atoms with E-state index in [1.54, 1.807) is 0 Å². The fourth-order valence-electron chi connectivity index (χ4n) is 3.53. The zero-order valence-electron chi connectivity index (χ0n) is 18.4. The molecule has 0 saturated heterocycles. The smallest absolute Gasteiger partial charge is 0.330 e. The molecule has 0 bridgehead atoms. The van der Waals surface area contributed by atoms with Gasteiger partial charge >= 0.3 is 5.97 Å². The Morgan fingerprint density at radius 2 is 0.926 bits per heavy atom. The first-order valence-corrected chi connectivity index (χ1v) is 11.6. The van der Waals surface area contributed by atoms with E-state index in [1.807, 2.05) is 0 Å². The van der Waals surface area contributed by atoms with Crippen LogP contribution in [0.2, 0.25) is 0 Å². The Morgan fingerprint density at radius 1 is 0.630 bits per heavy atom. The lowest BCUT2D eigenvalue weighted by molar-refractivity contribution is -0.132. The highest BCUT2D eigenvalue weighted by molar-refractivity contribution is 5.85. The van der Waals surface area contributed by atoms with Crippen LogP contribution in [0.3, 0.4) is 0 Å². The molecule has 0 aliphatic carbocycles. The Labute approximate surface area is 169 Å². The quantitative estimate of drug-likeness (QED) is 0.169. The van der Waals surface area contributed by atoms with Crippen LogP contribution in [0.1, 0.15) is 116 Å². The predicted octanol–water partition coefficient (Wildman–Crippen LogP) is 7.21. The molecule has 27 heavy (non-hydrogen) atoms. The summed E-state index contributed by atoms with van der Waals surface area (Å²) >= 11 is 0. The van der Waals surface area contributed by atoms with E-state index in [2.05, 4.69) is 25.6 Å². The van der Waals surface area contributed by atoms with Crippen LogP contribution in [0.25, 0.3) is 0 Å². The summed E-state index contributed by atoms with van der Waals surface area (Å²) in [5.74, 6) is -0.842. The molecule has 0 radical (unpaired) electrons. The molecule has 0 saturated carbocycles. The van der Waals surface area contributed by atoms with Crippen molar-refractivity contribution in [3.8, 4) is 0 Å². The molecule has 1 N–H and O–H groups in total. The molecule has 0 heterocycles. The normalized spacial score (nSPS) is 11.2. The van der Waals surface area contributed by atoms with E-state index in [0.717, 1.165) is 12.8 Å². The van der Waals surface area contributed by atoms with Crippen LogP contribution in [0.5, 0.6) is 0 Å². The summed E-state index contributed by atoms with van der Waals surface area (Å²) < 4.78 is 0. The first-order chi connectivity index (χ1) is 13.0. The van der Waals surface area contributed by atoms with Gasteiger partial charge in [0.2, 0.25) is 0 Å². The first-order valence-electron chi connectivity index (χ1n) is 11.6. The standard InChI is InChI=1S/C24H47NO2/c1-23(24(26)27)21-19-17-15-13-11-9-7-5-4-6-8-10-12-14-16-18-20-22-25(2)3/h1,4-22H2,2-3H3,(H,26,27). The molecular formula is C24H47NO2. The second-order valence-corrected chi connectivity index (χ2v) is 8.47. The van der Waals surface area contributed by atoms with Gasteiger partial charge in [-0.25, -0.2) is 4.79 Å². The highest BCUT2D eigenvalue weighted by Crippen LogP contribution is 2.15. The molecule has 0 aromatic carbocycles. The van der Waals surface area contributed by atoms with Crippen molar-refractivity contribution in [1.82, 2.24) is 4.90 Å². The minimum atomic E-state index is -0.842. The molecule has 0 aliphatic rings. The van der Waals surface area contributed by atoms with Crippen molar-refractivity contribution >= 4 is 5.97 Å². The van der Waals surface area contributed by atoms with Gasteiger partial charge in [0, 0.05) is 5.57 Å². The summed E-state index contributed by atoms with van der Waals surface area (Å²) in [6.07, 6.45) is 23.5. The molecule has 160 valence electrons. The maximum Gasteiger partial charge on any atom is 0.330 e. The fraction of sp³-hybridized carbons (Fsp3) is 0.875. The summed E-state index contributed by atoms with van der Waals surface area (Å²) in [6.45, 7) is 4.81. The third kappa shape index (κ3) is 21.3. The summed E-state index contributed by atoms with van der Waals surface area (Å²) in [5.41, 5.74) is 0.356. The van der Waals surface area contributed by atoms with Crippen molar-refractivity contribution in [1.29, 1.82) is 0 Å². The highest BCUT2D eigenvalue weighted by atomic mass is 16.4. The fourth-order valence-corrected chi connectivity index (χ4v) is 3.53. The lowest BCUT2D eigenvalue weighted by Crippen LogP contribution is -2.12. The van der Waals surface area contributed by atoms with E-state index in [9.17, 15) is 4.79 Å². The van der Waals surface area contributed by atoms with Gasteiger partial charge in [-0.2, -0.15) is 0 Å². The van der Waals surface area contributed by atoms with Gasteiger partial charge in [0.05, 0.1) is 0 Å². The predicted molar refractivity (Wildman–Crippen MR) is 118 cm³/mol. The second kappa shape index (κ2) is 19.9. The number of hydrogen-bond donors (Lipinski definition) is 1. The van der Waals surface area contributed by atoms with E-state index in [-0.39, 0.29) is 0 Å². The lowest BCUT2D eigenvalue weighted by atomic mass is 10.0. The summed E-state index contributed by atoms with van der Waals surface area (Å²) in [6, 6.07) is 0. The van der Waals surface area contributed by atoms with Crippen LogP contribution in [-0.4, -0.2) is 36.6 Å². The summed E-state index contributed by atoms with van der Waals surface area (Å²) in [5, 5.41) is 8.74. The van der Waals surface area contributed by atoms with Gasteiger partial charge in [-0.15, -0.1) is 0 Å². The zero-order chi connectivity index (χ0) is 20.2. The molecule has 0 unspecified atom stereocenters. The number of hydrogen-bond acceptors (Lipinski definition) is 2. The topological polar surface area (TPSA) is 40.5 Å². The first kappa shape index (κ1) is 26.2. The van der Waals surface area contributed by atoms with E-state index in [0.29, 0.717) is 12.0 Å². The Hall–Kier alpha value is -0.830. The van der Waals surface area contributed by atoms with Crippen molar-refractivity contribution in [2.75, 3.05) is 20.6 Å².